The van der Waals surface area contributed by atoms with Gasteiger partial charge >= 0.3 is 0 Å². The van der Waals surface area contributed by atoms with Crippen molar-refractivity contribution in [3.63, 3.8) is 0 Å². The number of rotatable bonds is 6. The number of benzene rings is 2. The van der Waals surface area contributed by atoms with Crippen LogP contribution in [0.2, 0.25) is 0 Å². The van der Waals surface area contributed by atoms with Crippen molar-refractivity contribution in [1.82, 2.24) is 10.3 Å². The van der Waals surface area contributed by atoms with Crippen LogP contribution in [-0.4, -0.2) is 17.7 Å². The second-order valence-corrected chi connectivity index (χ2v) is 6.39. The summed E-state index contributed by atoms with van der Waals surface area (Å²) >= 11 is 0. The summed E-state index contributed by atoms with van der Waals surface area (Å²) in [5.74, 6) is 2.65. The Morgan fingerprint density at radius 2 is 1.96 bits per heavy atom. The highest BCUT2D eigenvalue weighted by atomic mass is 16.7. The second kappa shape index (κ2) is 7.53. The van der Waals surface area contributed by atoms with Gasteiger partial charge in [0.05, 0.1) is 12.2 Å². The number of carbonyl (C=O) groups is 1. The molecular weight excluding hydrogens is 344 g/mol. The zero-order valence-electron chi connectivity index (χ0n) is 15.0. The molecule has 1 aromatic heterocycles. The van der Waals surface area contributed by atoms with Crippen molar-refractivity contribution < 1.29 is 18.7 Å². The summed E-state index contributed by atoms with van der Waals surface area (Å²) < 4.78 is 16.4. The summed E-state index contributed by atoms with van der Waals surface area (Å²) in [6, 6.07) is 15.3. The van der Waals surface area contributed by atoms with Crippen LogP contribution in [0.1, 0.15) is 30.8 Å². The average molecular weight is 364 g/mol. The van der Waals surface area contributed by atoms with Gasteiger partial charge in [-0.05, 0) is 24.6 Å². The first-order valence-electron chi connectivity index (χ1n) is 8.88. The third-order valence-electron chi connectivity index (χ3n) is 4.45. The van der Waals surface area contributed by atoms with Crippen LogP contribution >= 0.6 is 0 Å². The minimum absolute atomic E-state index is 0.0559. The van der Waals surface area contributed by atoms with Crippen LogP contribution in [-0.2, 0) is 11.2 Å². The predicted molar refractivity (Wildman–Crippen MR) is 99.4 cm³/mol. The number of nitrogens with one attached hydrogen (secondary N) is 1. The molecule has 0 saturated carbocycles. The van der Waals surface area contributed by atoms with Crippen LogP contribution in [0.25, 0.3) is 11.3 Å². The maximum absolute atomic E-state index is 12.3. The van der Waals surface area contributed by atoms with Crippen molar-refractivity contribution in [2.75, 3.05) is 6.79 Å². The van der Waals surface area contributed by atoms with Gasteiger partial charge in [0.25, 0.3) is 0 Å². The summed E-state index contributed by atoms with van der Waals surface area (Å²) in [6.45, 7) is 2.18. The number of hydrogen-bond acceptors (Lipinski definition) is 5. The maximum atomic E-state index is 12.3. The Morgan fingerprint density at radius 3 is 2.81 bits per heavy atom. The van der Waals surface area contributed by atoms with E-state index in [0.29, 0.717) is 30.2 Å². The van der Waals surface area contributed by atoms with E-state index in [1.807, 2.05) is 55.5 Å². The van der Waals surface area contributed by atoms with Crippen LogP contribution in [0.5, 0.6) is 11.5 Å². The molecule has 27 heavy (non-hydrogen) atoms. The largest absolute Gasteiger partial charge is 0.454 e. The van der Waals surface area contributed by atoms with E-state index in [9.17, 15) is 4.79 Å². The highest BCUT2D eigenvalue weighted by Gasteiger charge is 2.17. The first kappa shape index (κ1) is 17.1. The van der Waals surface area contributed by atoms with Gasteiger partial charge in [-0.15, -0.1) is 0 Å². The molecule has 1 atom stereocenters. The number of aromatic nitrogens is 1. The predicted octanol–water partition coefficient (Wildman–Crippen LogP) is 3.88. The molecule has 2 heterocycles. The molecule has 1 aliphatic rings. The average Bonchev–Trinajstić information content (AvgIpc) is 3.36. The molecule has 0 radical (unpaired) electrons. The summed E-state index contributed by atoms with van der Waals surface area (Å²) in [4.78, 5) is 16.5. The van der Waals surface area contributed by atoms with Crippen molar-refractivity contribution >= 4 is 5.91 Å². The summed E-state index contributed by atoms with van der Waals surface area (Å²) in [7, 11) is 0. The minimum Gasteiger partial charge on any atom is -0.454 e. The number of carbonyl (C=O) groups excluding carboxylic acids is 1. The van der Waals surface area contributed by atoms with Crippen LogP contribution in [0.15, 0.2) is 59.1 Å². The maximum Gasteiger partial charge on any atom is 0.231 e. The van der Waals surface area contributed by atoms with Gasteiger partial charge in [-0.2, -0.15) is 0 Å². The van der Waals surface area contributed by atoms with Gasteiger partial charge in [0, 0.05) is 18.4 Å². The Kier molecular flexibility index (Phi) is 4.78. The fourth-order valence-electron chi connectivity index (χ4n) is 2.96. The number of oxazole rings is 1. The third-order valence-corrected chi connectivity index (χ3v) is 4.45. The van der Waals surface area contributed by atoms with Gasteiger partial charge in [0.15, 0.2) is 23.1 Å². The van der Waals surface area contributed by atoms with Crippen molar-refractivity contribution in [1.29, 1.82) is 0 Å². The Morgan fingerprint density at radius 1 is 1.15 bits per heavy atom. The zero-order valence-corrected chi connectivity index (χ0v) is 15.0. The molecule has 0 fully saturated rings. The topological polar surface area (TPSA) is 73.6 Å². The fraction of sp³-hybridized carbons (Fsp3) is 0.238. The summed E-state index contributed by atoms with van der Waals surface area (Å²) in [6.07, 6.45) is 2.45. The first-order chi connectivity index (χ1) is 13.2. The lowest BCUT2D eigenvalue weighted by Crippen LogP contribution is -2.26. The number of hydrogen-bond donors (Lipinski definition) is 1. The monoisotopic (exact) mass is 364 g/mol. The van der Waals surface area contributed by atoms with E-state index in [-0.39, 0.29) is 18.7 Å². The number of aryl methyl sites for hydroxylation is 1. The highest BCUT2D eigenvalue weighted by molar-refractivity contribution is 5.76. The number of fused-ring (bicyclic) bond motifs is 1. The molecule has 6 heteroatoms. The van der Waals surface area contributed by atoms with Gasteiger partial charge in [-0.25, -0.2) is 4.98 Å². The van der Waals surface area contributed by atoms with Crippen LogP contribution in [0, 0.1) is 0 Å². The van der Waals surface area contributed by atoms with E-state index in [0.717, 1.165) is 16.9 Å². The van der Waals surface area contributed by atoms with E-state index in [4.69, 9.17) is 13.9 Å². The SMILES string of the molecule is CC(NC(=O)CCc1ncc(-c2ccccc2)o1)c1ccc2c(c1)OCO2. The van der Waals surface area contributed by atoms with Crippen LogP contribution in [0.3, 0.4) is 0 Å². The molecule has 6 nitrogen and oxygen atoms in total. The van der Waals surface area contributed by atoms with E-state index in [1.54, 1.807) is 6.20 Å². The lowest BCUT2D eigenvalue weighted by molar-refractivity contribution is -0.121. The van der Waals surface area contributed by atoms with Gasteiger partial charge in [-0.1, -0.05) is 36.4 Å². The van der Waals surface area contributed by atoms with Gasteiger partial charge in [-0.3, -0.25) is 4.79 Å². The molecule has 138 valence electrons. The lowest BCUT2D eigenvalue weighted by Gasteiger charge is -2.14. The molecule has 0 aliphatic carbocycles. The van der Waals surface area contributed by atoms with Crippen molar-refractivity contribution in [2.24, 2.45) is 0 Å². The number of ether oxygens (including phenoxy) is 2. The molecule has 0 bridgehead atoms. The molecule has 1 N–H and O–H groups in total. The van der Waals surface area contributed by atoms with Crippen molar-refractivity contribution in [2.45, 2.75) is 25.8 Å². The second-order valence-electron chi connectivity index (χ2n) is 6.39. The van der Waals surface area contributed by atoms with Gasteiger partial charge < -0.3 is 19.2 Å². The molecule has 3 aromatic rings. The molecule has 1 unspecified atom stereocenters. The van der Waals surface area contributed by atoms with Crippen LogP contribution < -0.4 is 14.8 Å². The zero-order chi connectivity index (χ0) is 18.6. The minimum atomic E-state index is -0.128. The van der Waals surface area contributed by atoms with E-state index < -0.39 is 0 Å². The van der Waals surface area contributed by atoms with Crippen molar-refractivity contribution in [3.05, 3.63) is 66.2 Å². The molecular formula is C21H20N2O4. The molecule has 2 aromatic carbocycles. The Hall–Kier alpha value is -3.28. The molecule has 0 spiro atoms. The molecule has 1 aliphatic heterocycles. The fourth-order valence-corrected chi connectivity index (χ4v) is 2.96. The normalized spacial score (nSPS) is 13.4. The molecule has 0 saturated heterocycles. The first-order valence-corrected chi connectivity index (χ1v) is 8.88. The Balaban J connectivity index is 1.31. The molecule has 1 amide bonds. The summed E-state index contributed by atoms with van der Waals surface area (Å²) in [5, 5.41) is 2.99. The van der Waals surface area contributed by atoms with Crippen molar-refractivity contribution in [3.8, 4) is 22.8 Å². The Labute approximate surface area is 157 Å². The summed E-state index contributed by atoms with van der Waals surface area (Å²) in [5.41, 5.74) is 1.94. The quantitative estimate of drug-likeness (QED) is 0.718. The number of amides is 1. The smallest absolute Gasteiger partial charge is 0.231 e. The van der Waals surface area contributed by atoms with E-state index in [2.05, 4.69) is 10.3 Å². The Bertz CT molecular complexity index is 936. The number of nitrogens with zero attached hydrogens (tertiary/aromatic N) is 1. The lowest BCUT2D eigenvalue weighted by atomic mass is 10.1. The standard InChI is InChI=1S/C21H20N2O4/c1-14(16-7-8-17-18(11-16)26-13-25-17)23-20(24)9-10-21-22-12-19(27-21)15-5-3-2-4-6-15/h2-8,11-12,14H,9-10,13H2,1H3,(H,23,24). The van der Waals surface area contributed by atoms with Gasteiger partial charge in [0.2, 0.25) is 12.7 Å². The van der Waals surface area contributed by atoms with Crippen LogP contribution in [0.4, 0.5) is 0 Å². The highest BCUT2D eigenvalue weighted by Crippen LogP contribution is 2.34. The van der Waals surface area contributed by atoms with E-state index >= 15 is 0 Å². The van der Waals surface area contributed by atoms with Gasteiger partial charge in [0.1, 0.15) is 0 Å². The third kappa shape index (κ3) is 3.95. The van der Waals surface area contributed by atoms with E-state index in [1.165, 1.54) is 0 Å². The molecule has 4 rings (SSSR count).